The average Bonchev–Trinajstić information content (AvgIpc) is 2.92. The van der Waals surface area contributed by atoms with Crippen molar-refractivity contribution in [2.75, 3.05) is 26.9 Å². The molecule has 0 atom stereocenters. The van der Waals surface area contributed by atoms with Crippen LogP contribution < -0.4 is 0 Å². The van der Waals surface area contributed by atoms with Gasteiger partial charge >= 0.3 is 0 Å². The summed E-state index contributed by atoms with van der Waals surface area (Å²) in [5, 5.41) is 0. The fourth-order valence-corrected chi connectivity index (χ4v) is 3.21. The number of hydrogen-bond donors (Lipinski definition) is 0. The molecule has 1 aliphatic rings. The highest BCUT2D eigenvalue weighted by molar-refractivity contribution is 7.98. The summed E-state index contributed by atoms with van der Waals surface area (Å²) in [5.74, 6) is 0. The molecule has 3 rings (SSSR count). The largest absolute Gasteiger partial charge is 0.323 e. The lowest BCUT2D eigenvalue weighted by Gasteiger charge is -2.13. The Labute approximate surface area is 137 Å². The molecule has 0 aliphatic carbocycles. The minimum absolute atomic E-state index is 1.05. The molecule has 2 heterocycles. The number of thioether (sulfide) groups is 1. The zero-order valence-electron chi connectivity index (χ0n) is 13.4. The van der Waals surface area contributed by atoms with Gasteiger partial charge < -0.3 is 9.47 Å². The van der Waals surface area contributed by atoms with Crippen LogP contribution in [0.25, 0.3) is 17.8 Å². The number of aromatic nitrogens is 1. The standard InChI is InChI=1S/C19H22N2S/c1-20(2)11-4-6-17-18-14-16(22-3)9-8-15(18)10-13-21-12-5-7-19(17)21/h5-10,12-14H,4,11H2,1-3H3. The Morgan fingerprint density at radius 1 is 1.23 bits per heavy atom. The van der Waals surface area contributed by atoms with E-state index >= 15 is 0 Å². The fraction of sp³-hybridized carbons (Fsp3) is 0.263. The normalized spacial score (nSPS) is 15.0. The van der Waals surface area contributed by atoms with Gasteiger partial charge in [-0.15, -0.1) is 11.8 Å². The van der Waals surface area contributed by atoms with Gasteiger partial charge in [0.1, 0.15) is 0 Å². The third-order valence-electron chi connectivity index (χ3n) is 3.94. The lowest BCUT2D eigenvalue weighted by atomic mass is 9.97. The number of benzene rings is 1. The Bertz CT molecular complexity index is 723. The lowest BCUT2D eigenvalue weighted by Crippen LogP contribution is -2.12. The fourth-order valence-electron chi connectivity index (χ4n) is 2.77. The molecule has 0 amide bonds. The van der Waals surface area contributed by atoms with Crippen LogP contribution in [0.15, 0.2) is 47.5 Å². The predicted octanol–water partition coefficient (Wildman–Crippen LogP) is 4.53. The molecule has 3 heteroatoms. The van der Waals surface area contributed by atoms with Gasteiger partial charge in [0.25, 0.3) is 0 Å². The van der Waals surface area contributed by atoms with Gasteiger partial charge in [0.05, 0.1) is 5.69 Å². The SMILES string of the molecule is CSc1ccc2c(c1)C(=CCCN(C)C)c1cccn1C=C2. The van der Waals surface area contributed by atoms with Gasteiger partial charge in [-0.3, -0.25) is 0 Å². The zero-order chi connectivity index (χ0) is 15.5. The van der Waals surface area contributed by atoms with Crippen molar-refractivity contribution in [1.29, 1.82) is 0 Å². The Balaban J connectivity index is 2.09. The molecule has 0 N–H and O–H groups in total. The molecule has 0 saturated heterocycles. The molecule has 2 nitrogen and oxygen atoms in total. The van der Waals surface area contributed by atoms with Crippen LogP contribution in [0, 0.1) is 0 Å². The maximum atomic E-state index is 2.38. The quantitative estimate of drug-likeness (QED) is 0.654. The highest BCUT2D eigenvalue weighted by Crippen LogP contribution is 2.33. The van der Waals surface area contributed by atoms with Crippen LogP contribution in [0.4, 0.5) is 0 Å². The van der Waals surface area contributed by atoms with Crippen molar-refractivity contribution in [2.45, 2.75) is 11.3 Å². The molecular weight excluding hydrogens is 288 g/mol. The monoisotopic (exact) mass is 310 g/mol. The number of hydrogen-bond acceptors (Lipinski definition) is 2. The first-order chi connectivity index (χ1) is 10.7. The van der Waals surface area contributed by atoms with Crippen molar-refractivity contribution >= 4 is 29.6 Å². The van der Waals surface area contributed by atoms with Crippen molar-refractivity contribution in [3.05, 3.63) is 59.4 Å². The second-order valence-electron chi connectivity index (χ2n) is 5.78. The summed E-state index contributed by atoms with van der Waals surface area (Å²) in [4.78, 5) is 3.54. The first-order valence-corrected chi connectivity index (χ1v) is 8.80. The lowest BCUT2D eigenvalue weighted by molar-refractivity contribution is 0.417. The molecule has 0 spiro atoms. The molecule has 0 fully saturated rings. The maximum Gasteiger partial charge on any atom is 0.0525 e. The highest BCUT2D eigenvalue weighted by Gasteiger charge is 2.15. The van der Waals surface area contributed by atoms with E-state index in [1.54, 1.807) is 11.8 Å². The molecule has 1 aromatic carbocycles. The van der Waals surface area contributed by atoms with E-state index in [4.69, 9.17) is 0 Å². The third-order valence-corrected chi connectivity index (χ3v) is 4.67. The summed E-state index contributed by atoms with van der Waals surface area (Å²) in [6, 6.07) is 11.1. The minimum atomic E-state index is 1.05. The molecular formula is C19H22N2S. The molecule has 0 unspecified atom stereocenters. The van der Waals surface area contributed by atoms with E-state index in [0.717, 1.165) is 13.0 Å². The summed E-state index contributed by atoms with van der Waals surface area (Å²) in [5.41, 5.74) is 5.23. The van der Waals surface area contributed by atoms with Crippen LogP contribution in [-0.4, -0.2) is 36.4 Å². The van der Waals surface area contributed by atoms with Crippen LogP contribution in [0.2, 0.25) is 0 Å². The van der Waals surface area contributed by atoms with E-state index in [9.17, 15) is 0 Å². The molecule has 1 aromatic heterocycles. The summed E-state index contributed by atoms with van der Waals surface area (Å²) in [6.45, 7) is 1.06. The summed E-state index contributed by atoms with van der Waals surface area (Å²) in [7, 11) is 4.24. The van der Waals surface area contributed by atoms with Gasteiger partial charge in [-0.05, 0) is 68.2 Å². The smallest absolute Gasteiger partial charge is 0.0525 e. The van der Waals surface area contributed by atoms with Crippen LogP contribution in [0.5, 0.6) is 0 Å². The van der Waals surface area contributed by atoms with E-state index in [0.29, 0.717) is 0 Å². The Morgan fingerprint density at radius 2 is 2.09 bits per heavy atom. The van der Waals surface area contributed by atoms with Gasteiger partial charge in [0.15, 0.2) is 0 Å². The summed E-state index contributed by atoms with van der Waals surface area (Å²) >= 11 is 1.80. The first-order valence-electron chi connectivity index (χ1n) is 7.58. The van der Waals surface area contributed by atoms with Crippen LogP contribution in [-0.2, 0) is 0 Å². The van der Waals surface area contributed by atoms with E-state index in [2.05, 4.69) is 84.7 Å². The molecule has 0 bridgehead atoms. The molecule has 22 heavy (non-hydrogen) atoms. The number of nitrogens with zero attached hydrogens (tertiary/aromatic N) is 2. The van der Waals surface area contributed by atoms with Crippen molar-refractivity contribution in [3.8, 4) is 0 Å². The van der Waals surface area contributed by atoms with Crippen LogP contribution in [0.3, 0.4) is 0 Å². The molecule has 2 aromatic rings. The van der Waals surface area contributed by atoms with Crippen molar-refractivity contribution in [2.24, 2.45) is 0 Å². The highest BCUT2D eigenvalue weighted by atomic mass is 32.2. The number of fused-ring (bicyclic) bond motifs is 2. The van der Waals surface area contributed by atoms with E-state index in [1.165, 1.54) is 27.3 Å². The Hall–Kier alpha value is -1.71. The van der Waals surface area contributed by atoms with E-state index < -0.39 is 0 Å². The van der Waals surface area contributed by atoms with Gasteiger partial charge in [-0.2, -0.15) is 0 Å². The van der Waals surface area contributed by atoms with Crippen LogP contribution >= 0.6 is 11.8 Å². The van der Waals surface area contributed by atoms with Gasteiger partial charge in [0, 0.05) is 29.4 Å². The van der Waals surface area contributed by atoms with Gasteiger partial charge in [-0.25, -0.2) is 0 Å². The predicted molar refractivity (Wildman–Crippen MR) is 98.1 cm³/mol. The van der Waals surface area contributed by atoms with Crippen molar-refractivity contribution in [1.82, 2.24) is 9.47 Å². The molecule has 114 valence electrons. The third kappa shape index (κ3) is 3.06. The minimum Gasteiger partial charge on any atom is -0.323 e. The second-order valence-corrected chi connectivity index (χ2v) is 6.66. The Kier molecular flexibility index (Phi) is 4.55. The van der Waals surface area contributed by atoms with Crippen molar-refractivity contribution in [3.63, 3.8) is 0 Å². The Morgan fingerprint density at radius 3 is 2.86 bits per heavy atom. The van der Waals surface area contributed by atoms with Crippen molar-refractivity contribution < 1.29 is 0 Å². The van der Waals surface area contributed by atoms with Gasteiger partial charge in [0.2, 0.25) is 0 Å². The van der Waals surface area contributed by atoms with Gasteiger partial charge in [-0.1, -0.05) is 12.1 Å². The number of rotatable bonds is 4. The topological polar surface area (TPSA) is 8.17 Å². The molecule has 1 aliphatic heterocycles. The van der Waals surface area contributed by atoms with E-state index in [-0.39, 0.29) is 0 Å². The maximum absolute atomic E-state index is 2.38. The first kappa shape index (κ1) is 15.2. The van der Waals surface area contributed by atoms with Crippen LogP contribution in [0.1, 0.15) is 23.2 Å². The molecule has 0 radical (unpaired) electrons. The second kappa shape index (κ2) is 6.59. The average molecular weight is 310 g/mol. The summed E-state index contributed by atoms with van der Waals surface area (Å²) < 4.78 is 2.21. The molecule has 0 saturated carbocycles. The van der Waals surface area contributed by atoms with E-state index in [1.807, 2.05) is 0 Å². The zero-order valence-corrected chi connectivity index (χ0v) is 14.2. The summed E-state index contributed by atoms with van der Waals surface area (Å²) in [6.07, 6.45) is 12.0.